The molecule has 9 nitrogen and oxygen atoms in total. The smallest absolute Gasteiger partial charge is 0.300 e. The van der Waals surface area contributed by atoms with E-state index in [0.717, 1.165) is 12.5 Å². The number of carbonyl (C=O) groups is 2. The zero-order chi connectivity index (χ0) is 24.1. The molecule has 2 aromatic rings. The Labute approximate surface area is 191 Å². The molecule has 0 saturated carbocycles. The Morgan fingerprint density at radius 3 is 2.00 bits per heavy atom. The molecule has 3 rings (SSSR count). The van der Waals surface area contributed by atoms with E-state index in [9.17, 15) is 13.2 Å². The van der Waals surface area contributed by atoms with Crippen LogP contribution in [0.15, 0.2) is 47.4 Å². The molecule has 2 aromatic carbocycles. The fraction of sp³-hybridized carbons (Fsp3) is 0.286. The molecule has 1 heterocycles. The Hall–Kier alpha value is -2.95. The fourth-order valence-corrected chi connectivity index (χ4v) is 4.68. The van der Waals surface area contributed by atoms with E-state index in [4.69, 9.17) is 32.6 Å². The molecule has 4 N–H and O–H groups in total. The van der Waals surface area contributed by atoms with Crippen molar-refractivity contribution in [2.45, 2.75) is 18.7 Å². The number of carboxylic acid groups (broad SMARTS) is 1. The summed E-state index contributed by atoms with van der Waals surface area (Å²) in [6.07, 6.45) is 0. The lowest BCUT2D eigenvalue weighted by Crippen LogP contribution is -2.50. The van der Waals surface area contributed by atoms with Crippen LogP contribution in [-0.4, -0.2) is 66.6 Å². The van der Waals surface area contributed by atoms with Gasteiger partial charge < -0.3 is 15.7 Å². The summed E-state index contributed by atoms with van der Waals surface area (Å²) in [4.78, 5) is 23.4. The number of nitrogens with one attached hydrogen (secondary N) is 1. The van der Waals surface area contributed by atoms with Crippen LogP contribution < -0.4 is 5.73 Å². The van der Waals surface area contributed by atoms with Gasteiger partial charge in [-0.1, -0.05) is 29.8 Å². The Bertz CT molecular complexity index is 1110. The van der Waals surface area contributed by atoms with E-state index in [1.54, 1.807) is 41.3 Å². The minimum Gasteiger partial charge on any atom is -0.481 e. The average molecular weight is 481 g/mol. The molecule has 32 heavy (non-hydrogen) atoms. The van der Waals surface area contributed by atoms with E-state index in [-0.39, 0.29) is 29.7 Å². The molecule has 1 aliphatic rings. The van der Waals surface area contributed by atoms with Gasteiger partial charge in [0.1, 0.15) is 5.84 Å². The molecule has 172 valence electrons. The number of amidine groups is 1. The largest absolute Gasteiger partial charge is 0.481 e. The predicted molar refractivity (Wildman–Crippen MR) is 122 cm³/mol. The second-order valence-corrected chi connectivity index (χ2v) is 9.46. The summed E-state index contributed by atoms with van der Waals surface area (Å²) in [5.74, 6) is -1.07. The van der Waals surface area contributed by atoms with Crippen molar-refractivity contribution in [1.29, 1.82) is 5.41 Å². The van der Waals surface area contributed by atoms with Gasteiger partial charge in [-0.2, -0.15) is 4.31 Å². The number of halogens is 1. The van der Waals surface area contributed by atoms with Crippen molar-refractivity contribution in [2.24, 2.45) is 5.73 Å². The molecular weight excluding hydrogens is 456 g/mol. The van der Waals surface area contributed by atoms with Crippen molar-refractivity contribution in [2.75, 3.05) is 26.2 Å². The first-order chi connectivity index (χ1) is 14.9. The Balaban J connectivity index is 0.000000837. The normalized spacial score (nSPS) is 14.3. The molecule has 0 aliphatic carbocycles. The molecular formula is C21H25ClN4O5S. The Morgan fingerprint density at radius 2 is 1.53 bits per heavy atom. The third kappa shape index (κ3) is 6.28. The number of carbonyl (C=O) groups excluding carboxylic acids is 1. The molecule has 1 amide bonds. The van der Waals surface area contributed by atoms with E-state index in [1.807, 2.05) is 6.92 Å². The Morgan fingerprint density at radius 1 is 1.03 bits per heavy atom. The second-order valence-electron chi connectivity index (χ2n) is 7.12. The summed E-state index contributed by atoms with van der Waals surface area (Å²) in [6.45, 7) is 3.92. The van der Waals surface area contributed by atoms with Crippen molar-refractivity contribution in [3.05, 3.63) is 64.2 Å². The molecule has 1 saturated heterocycles. The van der Waals surface area contributed by atoms with E-state index >= 15 is 0 Å². The van der Waals surface area contributed by atoms with Crippen LogP contribution >= 0.6 is 11.6 Å². The lowest BCUT2D eigenvalue weighted by molar-refractivity contribution is -0.134. The highest BCUT2D eigenvalue weighted by Crippen LogP contribution is 2.24. The number of sulfonamides is 1. The summed E-state index contributed by atoms with van der Waals surface area (Å²) in [5, 5.41) is 15.2. The highest BCUT2D eigenvalue weighted by atomic mass is 35.5. The van der Waals surface area contributed by atoms with Crippen LogP contribution in [0.1, 0.15) is 28.4 Å². The fourth-order valence-electron chi connectivity index (χ4n) is 2.99. The van der Waals surface area contributed by atoms with Crippen molar-refractivity contribution in [1.82, 2.24) is 9.21 Å². The molecule has 0 aromatic heterocycles. The van der Waals surface area contributed by atoms with Crippen molar-refractivity contribution in [3.8, 4) is 0 Å². The van der Waals surface area contributed by atoms with Crippen LogP contribution in [0, 0.1) is 12.3 Å². The zero-order valence-corrected chi connectivity index (χ0v) is 19.3. The van der Waals surface area contributed by atoms with Gasteiger partial charge in [-0.05, 0) is 36.8 Å². The number of nitrogen functional groups attached to an aromatic ring is 1. The highest BCUT2D eigenvalue weighted by Gasteiger charge is 2.30. The number of nitrogens with two attached hydrogens (primary N) is 1. The predicted octanol–water partition coefficient (Wildman–Crippen LogP) is 2.17. The number of aryl methyl sites for hydroxylation is 1. The number of hydrogen-bond acceptors (Lipinski definition) is 5. The molecule has 0 atom stereocenters. The van der Waals surface area contributed by atoms with Gasteiger partial charge in [0.2, 0.25) is 10.0 Å². The van der Waals surface area contributed by atoms with Crippen molar-refractivity contribution >= 4 is 39.3 Å². The van der Waals surface area contributed by atoms with E-state index in [0.29, 0.717) is 29.2 Å². The molecule has 11 heteroatoms. The summed E-state index contributed by atoms with van der Waals surface area (Å²) >= 11 is 6.07. The highest BCUT2D eigenvalue weighted by molar-refractivity contribution is 7.89. The number of aliphatic carboxylic acids is 1. The molecule has 0 unspecified atom stereocenters. The number of benzene rings is 2. The van der Waals surface area contributed by atoms with Crippen LogP contribution in [0.3, 0.4) is 0 Å². The van der Waals surface area contributed by atoms with Crippen LogP contribution in [-0.2, 0) is 14.8 Å². The van der Waals surface area contributed by atoms with Gasteiger partial charge in [-0.15, -0.1) is 0 Å². The van der Waals surface area contributed by atoms with Gasteiger partial charge in [0.25, 0.3) is 11.9 Å². The van der Waals surface area contributed by atoms with E-state index < -0.39 is 16.0 Å². The van der Waals surface area contributed by atoms with Crippen LogP contribution in [0.4, 0.5) is 0 Å². The maximum absolute atomic E-state index is 12.8. The van der Waals surface area contributed by atoms with Gasteiger partial charge in [0.05, 0.1) is 4.90 Å². The second kappa shape index (κ2) is 10.6. The van der Waals surface area contributed by atoms with Gasteiger partial charge in [0.15, 0.2) is 0 Å². The van der Waals surface area contributed by atoms with Gasteiger partial charge in [0, 0.05) is 49.3 Å². The third-order valence-corrected chi connectivity index (χ3v) is 7.05. The SMILES string of the molecule is CC(=O)O.Cc1ccc(S(=O)(=O)N2CCN(C(=O)c3ccc(C(=N)N)cc3)CC2)cc1Cl. The lowest BCUT2D eigenvalue weighted by atomic mass is 10.1. The third-order valence-electron chi connectivity index (χ3n) is 4.75. The van der Waals surface area contributed by atoms with E-state index in [2.05, 4.69) is 0 Å². The maximum atomic E-state index is 12.8. The monoisotopic (exact) mass is 480 g/mol. The number of rotatable bonds is 4. The number of nitrogens with zero attached hydrogens (tertiary/aromatic N) is 2. The Kier molecular flexibility index (Phi) is 8.37. The minimum absolute atomic E-state index is 0.0611. The van der Waals surface area contributed by atoms with Crippen LogP contribution in [0.5, 0.6) is 0 Å². The first-order valence-electron chi connectivity index (χ1n) is 9.63. The number of carboxylic acids is 1. The first-order valence-corrected chi connectivity index (χ1v) is 11.4. The average Bonchev–Trinajstić information content (AvgIpc) is 2.75. The van der Waals surface area contributed by atoms with Crippen molar-refractivity contribution in [3.63, 3.8) is 0 Å². The summed E-state index contributed by atoms with van der Waals surface area (Å²) < 4.78 is 27.0. The number of hydrogen-bond donors (Lipinski definition) is 3. The quantitative estimate of drug-likeness (QED) is 0.451. The van der Waals surface area contributed by atoms with Gasteiger partial charge in [-0.25, -0.2) is 8.42 Å². The van der Waals surface area contributed by atoms with Crippen LogP contribution in [0.2, 0.25) is 5.02 Å². The molecule has 0 radical (unpaired) electrons. The summed E-state index contributed by atoms with van der Waals surface area (Å²) in [7, 11) is -3.66. The molecule has 1 aliphatic heterocycles. The molecule has 0 bridgehead atoms. The van der Waals surface area contributed by atoms with Gasteiger partial charge in [-0.3, -0.25) is 15.0 Å². The topological polar surface area (TPSA) is 145 Å². The standard InChI is InChI=1S/C19H21ClN4O3S.C2H4O2/c1-13-2-7-16(12-17(13)20)28(26,27)24-10-8-23(9-11-24)19(25)15-5-3-14(4-6-15)18(21)22;1-2(3)4/h2-7,12H,8-11H2,1H3,(H3,21,22);1H3,(H,3,4). The zero-order valence-electron chi connectivity index (χ0n) is 17.7. The van der Waals surface area contributed by atoms with E-state index in [1.165, 1.54) is 10.4 Å². The maximum Gasteiger partial charge on any atom is 0.300 e. The van der Waals surface area contributed by atoms with Gasteiger partial charge >= 0.3 is 0 Å². The first kappa shape index (κ1) is 25.3. The summed E-state index contributed by atoms with van der Waals surface area (Å²) in [6, 6.07) is 11.2. The summed E-state index contributed by atoms with van der Waals surface area (Å²) in [5.41, 5.74) is 7.26. The minimum atomic E-state index is -3.66. The molecule has 1 fully saturated rings. The number of piperazine rings is 1. The number of amides is 1. The van der Waals surface area contributed by atoms with Crippen LogP contribution in [0.25, 0.3) is 0 Å². The van der Waals surface area contributed by atoms with Crippen molar-refractivity contribution < 1.29 is 23.1 Å². The lowest BCUT2D eigenvalue weighted by Gasteiger charge is -2.34. The molecule has 0 spiro atoms.